The standard InChI is InChI=1S/C21H22ClNO3/c1-15-2-4-16(5-3-15)19(24)10-11-21(25)23-12-13-26-20(14-23)17-6-8-18(22)9-7-17/h2-9,20H,10-14H2,1H3. The molecule has 0 spiro atoms. The van der Waals surface area contributed by atoms with Gasteiger partial charge >= 0.3 is 0 Å². The van der Waals surface area contributed by atoms with E-state index in [-0.39, 0.29) is 30.6 Å². The highest BCUT2D eigenvalue weighted by Crippen LogP contribution is 2.24. The molecule has 0 radical (unpaired) electrons. The second kappa shape index (κ2) is 8.47. The fraction of sp³-hybridized carbons (Fsp3) is 0.333. The maximum atomic E-state index is 12.5. The fourth-order valence-electron chi connectivity index (χ4n) is 3.02. The van der Waals surface area contributed by atoms with Crippen LogP contribution in [0.25, 0.3) is 0 Å². The lowest BCUT2D eigenvalue weighted by Gasteiger charge is -2.33. The van der Waals surface area contributed by atoms with Gasteiger partial charge in [-0.25, -0.2) is 0 Å². The number of halogens is 1. The quantitative estimate of drug-likeness (QED) is 0.739. The molecule has 26 heavy (non-hydrogen) atoms. The fourth-order valence-corrected chi connectivity index (χ4v) is 3.14. The van der Waals surface area contributed by atoms with Crippen molar-refractivity contribution in [2.45, 2.75) is 25.9 Å². The normalized spacial score (nSPS) is 17.2. The predicted molar refractivity (Wildman–Crippen MR) is 101 cm³/mol. The van der Waals surface area contributed by atoms with Gasteiger partial charge in [-0.3, -0.25) is 9.59 Å². The Labute approximate surface area is 158 Å². The van der Waals surface area contributed by atoms with E-state index in [2.05, 4.69) is 0 Å². The molecular formula is C21H22ClNO3. The summed E-state index contributed by atoms with van der Waals surface area (Å²) >= 11 is 5.92. The molecule has 2 aromatic carbocycles. The van der Waals surface area contributed by atoms with E-state index in [1.54, 1.807) is 4.90 Å². The third kappa shape index (κ3) is 4.71. The number of Topliss-reactive ketones (excluding diaryl/α,β-unsaturated/α-hetero) is 1. The molecule has 1 aliphatic heterocycles. The van der Waals surface area contributed by atoms with Gasteiger partial charge < -0.3 is 9.64 Å². The van der Waals surface area contributed by atoms with Crippen molar-refractivity contribution < 1.29 is 14.3 Å². The summed E-state index contributed by atoms with van der Waals surface area (Å²) < 4.78 is 5.79. The molecule has 0 aromatic heterocycles. The summed E-state index contributed by atoms with van der Waals surface area (Å²) in [6, 6.07) is 14.9. The second-order valence-corrected chi connectivity index (χ2v) is 6.98. The summed E-state index contributed by atoms with van der Waals surface area (Å²) in [5, 5.41) is 0.673. The summed E-state index contributed by atoms with van der Waals surface area (Å²) in [5.41, 5.74) is 2.77. The van der Waals surface area contributed by atoms with Gasteiger partial charge in [0.2, 0.25) is 5.91 Å². The zero-order chi connectivity index (χ0) is 18.5. The Bertz CT molecular complexity index is 771. The van der Waals surface area contributed by atoms with Crippen molar-refractivity contribution >= 4 is 23.3 Å². The van der Waals surface area contributed by atoms with E-state index in [4.69, 9.17) is 16.3 Å². The van der Waals surface area contributed by atoms with E-state index in [1.165, 1.54) is 0 Å². The lowest BCUT2D eigenvalue weighted by molar-refractivity contribution is -0.139. The molecular weight excluding hydrogens is 350 g/mol. The Morgan fingerprint density at radius 2 is 1.77 bits per heavy atom. The minimum absolute atomic E-state index is 0.000797. The highest BCUT2D eigenvalue weighted by Gasteiger charge is 2.25. The number of benzene rings is 2. The maximum Gasteiger partial charge on any atom is 0.223 e. The maximum absolute atomic E-state index is 12.5. The molecule has 1 amide bonds. The van der Waals surface area contributed by atoms with E-state index < -0.39 is 0 Å². The number of ether oxygens (including phenoxy) is 1. The molecule has 1 aliphatic rings. The molecule has 1 atom stereocenters. The van der Waals surface area contributed by atoms with Crippen LogP contribution in [0.2, 0.25) is 5.02 Å². The van der Waals surface area contributed by atoms with Crippen molar-refractivity contribution in [2.75, 3.05) is 19.7 Å². The molecule has 1 unspecified atom stereocenters. The molecule has 4 nitrogen and oxygen atoms in total. The van der Waals surface area contributed by atoms with Gasteiger partial charge in [-0.2, -0.15) is 0 Å². The second-order valence-electron chi connectivity index (χ2n) is 6.54. The number of nitrogens with zero attached hydrogens (tertiary/aromatic N) is 1. The largest absolute Gasteiger partial charge is 0.370 e. The zero-order valence-corrected chi connectivity index (χ0v) is 15.5. The van der Waals surface area contributed by atoms with Gasteiger partial charge in [0.15, 0.2) is 5.78 Å². The van der Waals surface area contributed by atoms with Crippen molar-refractivity contribution in [1.82, 2.24) is 4.90 Å². The number of hydrogen-bond acceptors (Lipinski definition) is 3. The molecule has 3 rings (SSSR count). The van der Waals surface area contributed by atoms with Crippen LogP contribution in [0.5, 0.6) is 0 Å². The van der Waals surface area contributed by atoms with Crippen LogP contribution in [0.15, 0.2) is 48.5 Å². The number of aryl methyl sites for hydroxylation is 1. The SMILES string of the molecule is Cc1ccc(C(=O)CCC(=O)N2CCOC(c3ccc(Cl)cc3)C2)cc1. The average molecular weight is 372 g/mol. The van der Waals surface area contributed by atoms with Gasteiger partial charge in [0.25, 0.3) is 0 Å². The highest BCUT2D eigenvalue weighted by atomic mass is 35.5. The van der Waals surface area contributed by atoms with E-state index in [9.17, 15) is 9.59 Å². The molecule has 1 fully saturated rings. The molecule has 5 heteroatoms. The minimum Gasteiger partial charge on any atom is -0.370 e. The molecule has 1 saturated heterocycles. The lowest BCUT2D eigenvalue weighted by Crippen LogP contribution is -2.42. The Morgan fingerprint density at radius 1 is 1.08 bits per heavy atom. The van der Waals surface area contributed by atoms with Crippen molar-refractivity contribution in [3.63, 3.8) is 0 Å². The third-order valence-corrected chi connectivity index (χ3v) is 4.85. The van der Waals surface area contributed by atoms with Gasteiger partial charge in [-0.15, -0.1) is 0 Å². The van der Waals surface area contributed by atoms with E-state index in [1.807, 2.05) is 55.5 Å². The van der Waals surface area contributed by atoms with Gasteiger partial charge in [0.1, 0.15) is 6.10 Å². The smallest absolute Gasteiger partial charge is 0.223 e. The molecule has 2 aromatic rings. The van der Waals surface area contributed by atoms with Gasteiger partial charge in [-0.05, 0) is 24.6 Å². The number of amides is 1. The van der Waals surface area contributed by atoms with Crippen molar-refractivity contribution in [3.05, 3.63) is 70.2 Å². The zero-order valence-electron chi connectivity index (χ0n) is 14.8. The van der Waals surface area contributed by atoms with Crippen LogP contribution in [-0.2, 0) is 9.53 Å². The summed E-state index contributed by atoms with van der Waals surface area (Å²) in [6.45, 7) is 3.53. The van der Waals surface area contributed by atoms with E-state index in [0.29, 0.717) is 30.3 Å². The minimum atomic E-state index is -0.155. The Hall–Kier alpha value is -2.17. The molecule has 0 saturated carbocycles. The van der Waals surface area contributed by atoms with Crippen LogP contribution in [-0.4, -0.2) is 36.3 Å². The molecule has 1 heterocycles. The number of ketones is 1. The van der Waals surface area contributed by atoms with E-state index in [0.717, 1.165) is 11.1 Å². The molecule has 0 N–H and O–H groups in total. The number of morpholine rings is 1. The van der Waals surface area contributed by atoms with Crippen molar-refractivity contribution in [3.8, 4) is 0 Å². The molecule has 136 valence electrons. The van der Waals surface area contributed by atoms with Crippen LogP contribution < -0.4 is 0 Å². The first-order valence-electron chi connectivity index (χ1n) is 8.77. The van der Waals surface area contributed by atoms with Crippen molar-refractivity contribution in [2.24, 2.45) is 0 Å². The average Bonchev–Trinajstić information content (AvgIpc) is 2.67. The van der Waals surface area contributed by atoms with Crippen molar-refractivity contribution in [1.29, 1.82) is 0 Å². The van der Waals surface area contributed by atoms with E-state index >= 15 is 0 Å². The molecule has 0 aliphatic carbocycles. The number of carbonyl (C=O) groups is 2. The topological polar surface area (TPSA) is 46.6 Å². The first-order chi connectivity index (χ1) is 12.5. The Kier molecular flexibility index (Phi) is 6.07. The monoisotopic (exact) mass is 371 g/mol. The van der Waals surface area contributed by atoms with Gasteiger partial charge in [0, 0.05) is 30.0 Å². The van der Waals surface area contributed by atoms with Crippen LogP contribution in [0.1, 0.15) is 40.4 Å². The summed E-state index contributed by atoms with van der Waals surface area (Å²) in [6.07, 6.45) is 0.294. The lowest BCUT2D eigenvalue weighted by atomic mass is 10.0. The first-order valence-corrected chi connectivity index (χ1v) is 9.15. The summed E-state index contributed by atoms with van der Waals surface area (Å²) in [5.74, 6) is -0.00594. The predicted octanol–water partition coefficient (Wildman–Crippen LogP) is 4.21. The number of rotatable bonds is 5. The number of carbonyl (C=O) groups excluding carboxylic acids is 2. The van der Waals surface area contributed by atoms with Crippen LogP contribution >= 0.6 is 11.6 Å². The Balaban J connectivity index is 1.54. The summed E-state index contributed by atoms with van der Waals surface area (Å²) in [7, 11) is 0. The molecule has 0 bridgehead atoms. The van der Waals surface area contributed by atoms with Crippen LogP contribution in [0.3, 0.4) is 0 Å². The van der Waals surface area contributed by atoms with Gasteiger partial charge in [0.05, 0.1) is 13.2 Å². The highest BCUT2D eigenvalue weighted by molar-refractivity contribution is 6.30. The van der Waals surface area contributed by atoms with Gasteiger partial charge in [-0.1, -0.05) is 53.6 Å². The van der Waals surface area contributed by atoms with Crippen LogP contribution in [0.4, 0.5) is 0 Å². The number of hydrogen-bond donors (Lipinski definition) is 0. The van der Waals surface area contributed by atoms with Crippen LogP contribution in [0, 0.1) is 6.92 Å². The third-order valence-electron chi connectivity index (χ3n) is 4.60. The first kappa shape index (κ1) is 18.6. The summed E-state index contributed by atoms with van der Waals surface area (Å²) in [4.78, 5) is 26.6. The Morgan fingerprint density at radius 3 is 2.46 bits per heavy atom.